The number of nitrogens with zero attached hydrogens (tertiary/aromatic N) is 1. The van der Waals surface area contributed by atoms with Crippen LogP contribution < -0.4 is 16.4 Å². The summed E-state index contributed by atoms with van der Waals surface area (Å²) < 4.78 is 13.2. The molecule has 1 aliphatic heterocycles. The van der Waals surface area contributed by atoms with Crippen molar-refractivity contribution in [3.63, 3.8) is 0 Å². The Kier molecular flexibility index (Phi) is 12.3. The molecule has 4 atom stereocenters. The van der Waals surface area contributed by atoms with Crippen LogP contribution in [0.4, 0.5) is 17.1 Å². The number of nitrogen functional groups attached to an aromatic ring is 1. The Bertz CT molecular complexity index is 1970. The predicted octanol–water partition coefficient (Wildman–Crippen LogP) is 8.29. The molecule has 5 aromatic rings. The van der Waals surface area contributed by atoms with E-state index in [-0.39, 0.29) is 43.1 Å². The van der Waals surface area contributed by atoms with Crippen molar-refractivity contribution in [1.82, 2.24) is 4.90 Å². The van der Waals surface area contributed by atoms with E-state index in [1.807, 2.05) is 60.7 Å². The van der Waals surface area contributed by atoms with Crippen molar-refractivity contribution >= 4 is 39.6 Å². The Morgan fingerprint density at radius 2 is 1.52 bits per heavy atom. The zero-order valence-corrected chi connectivity index (χ0v) is 29.8. The van der Waals surface area contributed by atoms with Crippen LogP contribution in [0.1, 0.15) is 79.7 Å². The number of fused-ring (bicyclic) bond motifs is 1. The molecule has 0 unspecified atom stereocenters. The van der Waals surface area contributed by atoms with Gasteiger partial charge in [0.1, 0.15) is 0 Å². The molecule has 0 aliphatic carbocycles. The molecule has 52 heavy (non-hydrogen) atoms. The number of unbranched alkanes of at least 4 members (excludes halogenated alkanes) is 1. The number of carbonyl (C=O) groups is 2. The van der Waals surface area contributed by atoms with Crippen molar-refractivity contribution < 1.29 is 24.2 Å². The molecule has 270 valence electrons. The second-order valence-corrected chi connectivity index (χ2v) is 13.6. The Morgan fingerprint density at radius 1 is 0.808 bits per heavy atom. The third-order valence-corrected chi connectivity index (χ3v) is 9.76. The monoisotopic (exact) mass is 700 g/mol. The van der Waals surface area contributed by atoms with Crippen LogP contribution in [0.2, 0.25) is 0 Å². The number of rotatable bonds is 14. The van der Waals surface area contributed by atoms with E-state index in [2.05, 4.69) is 72.0 Å². The Labute approximate surface area is 305 Å². The molecule has 0 saturated carbocycles. The number of aliphatic hydroxyl groups excluding tert-OH is 1. The van der Waals surface area contributed by atoms with Crippen LogP contribution in [0.15, 0.2) is 115 Å². The minimum atomic E-state index is -0.653. The fourth-order valence-electron chi connectivity index (χ4n) is 6.62. The maximum atomic E-state index is 12.9. The zero-order valence-electron chi connectivity index (χ0n) is 29.8. The number of hydrogen-bond acceptors (Lipinski definition) is 7. The molecule has 0 spiro atoms. The highest BCUT2D eigenvalue weighted by molar-refractivity contribution is 5.94. The van der Waals surface area contributed by atoms with Gasteiger partial charge in [-0.15, -0.1) is 0 Å². The van der Waals surface area contributed by atoms with Crippen molar-refractivity contribution in [3.05, 3.63) is 138 Å². The maximum Gasteiger partial charge on any atom is 0.224 e. The lowest BCUT2D eigenvalue weighted by Crippen LogP contribution is -2.38. The van der Waals surface area contributed by atoms with Crippen molar-refractivity contribution in [2.45, 2.75) is 70.2 Å². The van der Waals surface area contributed by atoms with Gasteiger partial charge >= 0.3 is 0 Å². The summed E-state index contributed by atoms with van der Waals surface area (Å²) in [5, 5.41) is 17.9. The average molecular weight is 701 g/mol. The Morgan fingerprint density at radius 3 is 2.27 bits per heavy atom. The SMILES string of the molecule is C[C@H](c1ccc2ccccc2c1)N(C)C[C@@H]1C[C@H](c2ccc(CO)cc2)O[C@H](c2cccc(NC(=O)CCCCC(=O)Nc3ccccc3N)c2)O1. The minimum Gasteiger partial charge on any atom is -0.397 e. The molecule has 5 aromatic carbocycles. The first-order valence-electron chi connectivity index (χ1n) is 18.0. The number of likely N-dealkylation sites (N-methyl/N-ethyl adjacent to an activating group) is 1. The van der Waals surface area contributed by atoms with Gasteiger partial charge in [0, 0.05) is 43.1 Å². The van der Waals surface area contributed by atoms with E-state index in [1.54, 1.807) is 12.1 Å². The molecule has 1 saturated heterocycles. The number of ether oxygens (including phenoxy) is 2. The summed E-state index contributed by atoms with van der Waals surface area (Å²) in [6.07, 6.45) is 1.38. The van der Waals surface area contributed by atoms with Crippen LogP contribution in [0.25, 0.3) is 10.8 Å². The van der Waals surface area contributed by atoms with Gasteiger partial charge in [0.05, 0.1) is 30.2 Å². The molecule has 1 fully saturated rings. The van der Waals surface area contributed by atoms with Crippen molar-refractivity contribution in [2.24, 2.45) is 0 Å². The zero-order chi connectivity index (χ0) is 36.5. The molecule has 5 N–H and O–H groups in total. The van der Waals surface area contributed by atoms with Crippen molar-refractivity contribution in [1.29, 1.82) is 0 Å². The maximum absolute atomic E-state index is 12.9. The van der Waals surface area contributed by atoms with Gasteiger partial charge in [-0.3, -0.25) is 14.5 Å². The van der Waals surface area contributed by atoms with Crippen LogP contribution in [-0.2, 0) is 25.7 Å². The standard InChI is InChI=1S/C43H48N4O5/c1-29(33-23-22-31-10-3-4-11-34(31)24-33)47(2)27-37-26-40(32-20-18-30(28-48)19-21-32)52-43(51-37)35-12-9-13-36(25-35)45-41(49)16-7-8-17-42(50)46-39-15-6-5-14-38(39)44/h3-6,9-15,18-25,29,37,40,43,48H,7-8,16-17,26-28,44H2,1-2H3,(H,45,49)(H,46,50)/t29-,37+,40-,43-/m1/s1. The summed E-state index contributed by atoms with van der Waals surface area (Å²) in [4.78, 5) is 27.6. The van der Waals surface area contributed by atoms with Crippen LogP contribution >= 0.6 is 0 Å². The van der Waals surface area contributed by atoms with Gasteiger partial charge in [-0.05, 0) is 84.6 Å². The van der Waals surface area contributed by atoms with Crippen molar-refractivity contribution in [2.75, 3.05) is 30.0 Å². The molecule has 2 amide bonds. The second kappa shape index (κ2) is 17.4. The Balaban J connectivity index is 1.08. The third-order valence-electron chi connectivity index (χ3n) is 9.76. The number of carbonyl (C=O) groups excluding carboxylic acids is 2. The van der Waals surface area contributed by atoms with E-state index in [1.165, 1.54) is 16.3 Å². The summed E-state index contributed by atoms with van der Waals surface area (Å²) in [6.45, 7) is 2.88. The molecule has 1 heterocycles. The first-order chi connectivity index (χ1) is 25.2. The predicted molar refractivity (Wildman–Crippen MR) is 206 cm³/mol. The smallest absolute Gasteiger partial charge is 0.224 e. The summed E-state index contributed by atoms with van der Waals surface area (Å²) >= 11 is 0. The summed E-state index contributed by atoms with van der Waals surface area (Å²) in [6, 6.07) is 37.8. The molecule has 9 heteroatoms. The van der Waals surface area contributed by atoms with E-state index in [0.29, 0.717) is 49.3 Å². The lowest BCUT2D eigenvalue weighted by Gasteiger charge is -2.39. The fourth-order valence-corrected chi connectivity index (χ4v) is 6.62. The molecular formula is C43H48N4O5. The van der Waals surface area contributed by atoms with Crippen LogP contribution in [-0.4, -0.2) is 41.5 Å². The molecule has 9 nitrogen and oxygen atoms in total. The number of anilines is 3. The van der Waals surface area contributed by atoms with E-state index in [9.17, 15) is 14.7 Å². The molecule has 0 aromatic heterocycles. The van der Waals surface area contributed by atoms with Gasteiger partial charge < -0.3 is 30.9 Å². The summed E-state index contributed by atoms with van der Waals surface area (Å²) in [5.74, 6) is -0.256. The molecule has 0 bridgehead atoms. The van der Waals surface area contributed by atoms with E-state index >= 15 is 0 Å². The van der Waals surface area contributed by atoms with Gasteiger partial charge in [-0.25, -0.2) is 0 Å². The van der Waals surface area contributed by atoms with Gasteiger partial charge in [0.2, 0.25) is 11.8 Å². The lowest BCUT2D eigenvalue weighted by molar-refractivity contribution is -0.253. The highest BCUT2D eigenvalue weighted by Crippen LogP contribution is 2.39. The molecule has 0 radical (unpaired) electrons. The van der Waals surface area contributed by atoms with Crippen molar-refractivity contribution in [3.8, 4) is 0 Å². The minimum absolute atomic E-state index is 0.0186. The molecular weight excluding hydrogens is 652 g/mol. The number of hydrogen-bond donors (Lipinski definition) is 4. The van der Waals surface area contributed by atoms with Crippen LogP contribution in [0.3, 0.4) is 0 Å². The van der Waals surface area contributed by atoms with Gasteiger partial charge in [-0.2, -0.15) is 0 Å². The normalized spacial score (nSPS) is 17.9. The Hall–Kier alpha value is -5.06. The number of amides is 2. The number of nitrogens with one attached hydrogen (secondary N) is 2. The highest BCUT2D eigenvalue weighted by atomic mass is 16.7. The van der Waals surface area contributed by atoms with Gasteiger partial charge in [0.25, 0.3) is 0 Å². The van der Waals surface area contributed by atoms with E-state index in [4.69, 9.17) is 15.2 Å². The van der Waals surface area contributed by atoms with Gasteiger partial charge in [0.15, 0.2) is 6.29 Å². The summed E-state index contributed by atoms with van der Waals surface area (Å²) in [5.41, 5.74) is 11.6. The quantitative estimate of drug-likeness (QED) is 0.0679. The van der Waals surface area contributed by atoms with E-state index < -0.39 is 6.29 Å². The molecule has 1 aliphatic rings. The first kappa shape index (κ1) is 36.7. The number of nitrogens with two attached hydrogens (primary N) is 1. The summed E-state index contributed by atoms with van der Waals surface area (Å²) in [7, 11) is 2.13. The number of para-hydroxylation sites is 2. The fraction of sp³-hybridized carbons (Fsp3) is 0.302. The first-order valence-corrected chi connectivity index (χ1v) is 18.0. The van der Waals surface area contributed by atoms with Gasteiger partial charge in [-0.1, -0.05) is 84.9 Å². The van der Waals surface area contributed by atoms with Crippen LogP contribution in [0, 0.1) is 0 Å². The second-order valence-electron chi connectivity index (χ2n) is 13.6. The topological polar surface area (TPSA) is 126 Å². The molecule has 6 rings (SSSR count). The van der Waals surface area contributed by atoms with E-state index in [0.717, 1.165) is 16.7 Å². The lowest BCUT2D eigenvalue weighted by atomic mass is 9.98. The third kappa shape index (κ3) is 9.63. The number of aliphatic hydroxyl groups is 1. The largest absolute Gasteiger partial charge is 0.397 e. The number of benzene rings is 5. The highest BCUT2D eigenvalue weighted by Gasteiger charge is 2.33. The van der Waals surface area contributed by atoms with Crippen LogP contribution in [0.5, 0.6) is 0 Å². The average Bonchev–Trinajstić information content (AvgIpc) is 3.17.